The van der Waals surface area contributed by atoms with Crippen LogP contribution in [0.5, 0.6) is 17.2 Å². The number of amides is 1. The molecule has 2 aromatic rings. The quantitative estimate of drug-likeness (QED) is 0.664. The van der Waals surface area contributed by atoms with Gasteiger partial charge in [0.2, 0.25) is 5.91 Å². The topological polar surface area (TPSA) is 56.8 Å². The average Bonchev–Trinajstić information content (AvgIpc) is 2.64. The van der Waals surface area contributed by atoms with Gasteiger partial charge in [-0.05, 0) is 36.8 Å². The molecule has 0 unspecified atom stereocenters. The van der Waals surface area contributed by atoms with Crippen molar-refractivity contribution < 1.29 is 32.2 Å². The second kappa shape index (κ2) is 9.70. The van der Waals surface area contributed by atoms with Crippen LogP contribution < -0.4 is 19.5 Å². The lowest BCUT2D eigenvalue weighted by Gasteiger charge is -2.13. The number of hydrogen-bond acceptors (Lipinski definition) is 4. The van der Waals surface area contributed by atoms with Gasteiger partial charge in [-0.2, -0.15) is 0 Å². The van der Waals surface area contributed by atoms with Gasteiger partial charge >= 0.3 is 6.36 Å². The Morgan fingerprint density at radius 2 is 1.70 bits per heavy atom. The molecule has 0 fully saturated rings. The number of nitrogens with one attached hydrogen (secondary N) is 1. The van der Waals surface area contributed by atoms with E-state index in [1.165, 1.54) is 18.2 Å². The van der Waals surface area contributed by atoms with E-state index in [1.807, 2.05) is 0 Å². The van der Waals surface area contributed by atoms with Gasteiger partial charge < -0.3 is 19.5 Å². The van der Waals surface area contributed by atoms with E-state index in [2.05, 4.69) is 10.1 Å². The molecule has 8 heteroatoms. The van der Waals surface area contributed by atoms with E-state index in [4.69, 9.17) is 9.47 Å². The van der Waals surface area contributed by atoms with Gasteiger partial charge in [0.25, 0.3) is 0 Å². The van der Waals surface area contributed by atoms with Gasteiger partial charge in [0.05, 0.1) is 13.7 Å². The Kier molecular flexibility index (Phi) is 7.34. The Hall–Kier alpha value is -2.90. The zero-order valence-corrected chi connectivity index (χ0v) is 14.7. The highest BCUT2D eigenvalue weighted by atomic mass is 19.4. The first-order valence-electron chi connectivity index (χ1n) is 8.24. The highest BCUT2D eigenvalue weighted by molar-refractivity contribution is 5.75. The van der Waals surface area contributed by atoms with Crippen LogP contribution in [-0.2, 0) is 11.3 Å². The van der Waals surface area contributed by atoms with Gasteiger partial charge in [0, 0.05) is 18.5 Å². The first-order valence-corrected chi connectivity index (χ1v) is 8.24. The van der Waals surface area contributed by atoms with Crippen LogP contribution in [0, 0.1) is 0 Å². The third kappa shape index (κ3) is 7.47. The zero-order valence-electron chi connectivity index (χ0n) is 14.7. The van der Waals surface area contributed by atoms with Gasteiger partial charge in [0.15, 0.2) is 0 Å². The third-order valence-electron chi connectivity index (χ3n) is 3.55. The molecule has 0 aliphatic rings. The van der Waals surface area contributed by atoms with Crippen LogP contribution in [-0.4, -0.2) is 26.0 Å². The molecule has 1 N–H and O–H groups in total. The molecule has 5 nitrogen and oxygen atoms in total. The fourth-order valence-electron chi connectivity index (χ4n) is 2.25. The smallest absolute Gasteiger partial charge is 0.497 e. The van der Waals surface area contributed by atoms with Crippen LogP contribution >= 0.6 is 0 Å². The van der Waals surface area contributed by atoms with Crippen LogP contribution in [0.2, 0.25) is 0 Å². The summed E-state index contributed by atoms with van der Waals surface area (Å²) in [6, 6.07) is 12.7. The molecule has 0 radical (unpaired) electrons. The van der Waals surface area contributed by atoms with Crippen LogP contribution in [0.4, 0.5) is 13.2 Å². The van der Waals surface area contributed by atoms with Crippen molar-refractivity contribution in [2.75, 3.05) is 13.7 Å². The van der Waals surface area contributed by atoms with E-state index >= 15 is 0 Å². The number of carbonyl (C=O) groups is 1. The van der Waals surface area contributed by atoms with E-state index in [-0.39, 0.29) is 30.2 Å². The summed E-state index contributed by atoms with van der Waals surface area (Å²) in [5.74, 6) is 0.772. The Morgan fingerprint density at radius 1 is 1.04 bits per heavy atom. The molecular weight excluding hydrogens is 363 g/mol. The van der Waals surface area contributed by atoms with Crippen LogP contribution in [0.1, 0.15) is 18.4 Å². The number of para-hydroxylation sites is 1. The van der Waals surface area contributed by atoms with Gasteiger partial charge in [-0.25, -0.2) is 0 Å². The van der Waals surface area contributed by atoms with Gasteiger partial charge in [-0.3, -0.25) is 4.79 Å². The van der Waals surface area contributed by atoms with E-state index in [1.54, 1.807) is 37.4 Å². The normalized spacial score (nSPS) is 11.0. The van der Waals surface area contributed by atoms with Gasteiger partial charge in [-0.15, -0.1) is 13.2 Å². The maximum atomic E-state index is 12.4. The van der Waals surface area contributed by atoms with E-state index in [0.29, 0.717) is 18.8 Å². The van der Waals surface area contributed by atoms with Crippen molar-refractivity contribution in [3.8, 4) is 17.2 Å². The summed E-state index contributed by atoms with van der Waals surface area (Å²) in [6.45, 7) is 0.290. The van der Waals surface area contributed by atoms with Crippen molar-refractivity contribution in [2.45, 2.75) is 25.7 Å². The highest BCUT2D eigenvalue weighted by Crippen LogP contribution is 2.26. The second-order valence-corrected chi connectivity index (χ2v) is 5.56. The molecule has 0 aliphatic carbocycles. The maximum Gasteiger partial charge on any atom is 0.573 e. The first kappa shape index (κ1) is 20.4. The number of methoxy groups -OCH3 is 1. The molecule has 0 atom stereocenters. The molecule has 0 bridgehead atoms. The molecule has 0 heterocycles. The number of alkyl halides is 3. The summed E-state index contributed by atoms with van der Waals surface area (Å²) in [5, 5.41) is 2.58. The number of rotatable bonds is 9. The van der Waals surface area contributed by atoms with E-state index in [0.717, 1.165) is 5.75 Å². The molecule has 0 spiro atoms. The third-order valence-corrected chi connectivity index (χ3v) is 3.55. The van der Waals surface area contributed by atoms with Crippen LogP contribution in [0.25, 0.3) is 0 Å². The molecule has 27 heavy (non-hydrogen) atoms. The lowest BCUT2D eigenvalue weighted by Crippen LogP contribution is -2.24. The number of ether oxygens (including phenoxy) is 3. The van der Waals surface area contributed by atoms with Crippen molar-refractivity contribution in [3.05, 3.63) is 54.1 Å². The van der Waals surface area contributed by atoms with Gasteiger partial charge in [-0.1, -0.05) is 18.2 Å². The van der Waals surface area contributed by atoms with Gasteiger partial charge in [0.1, 0.15) is 17.2 Å². The van der Waals surface area contributed by atoms with Crippen molar-refractivity contribution in [2.24, 2.45) is 0 Å². The van der Waals surface area contributed by atoms with Crippen molar-refractivity contribution in [1.29, 1.82) is 0 Å². The molecule has 0 saturated heterocycles. The largest absolute Gasteiger partial charge is 0.573 e. The van der Waals surface area contributed by atoms with Crippen molar-refractivity contribution in [3.63, 3.8) is 0 Å². The summed E-state index contributed by atoms with van der Waals surface area (Å²) in [5.41, 5.74) is 0.248. The molecule has 2 aromatic carbocycles. The average molecular weight is 383 g/mol. The Bertz CT molecular complexity index is 732. The summed E-state index contributed by atoms with van der Waals surface area (Å²) in [4.78, 5) is 11.9. The van der Waals surface area contributed by atoms with Crippen LogP contribution in [0.15, 0.2) is 48.5 Å². The maximum absolute atomic E-state index is 12.4. The van der Waals surface area contributed by atoms with E-state index < -0.39 is 6.36 Å². The predicted molar refractivity (Wildman–Crippen MR) is 92.7 cm³/mol. The van der Waals surface area contributed by atoms with Crippen molar-refractivity contribution >= 4 is 5.91 Å². The Balaban J connectivity index is 1.72. The molecular formula is C19H20F3NO4. The summed E-state index contributed by atoms with van der Waals surface area (Å²) >= 11 is 0. The Labute approximate surface area is 155 Å². The molecule has 2 rings (SSSR count). The fraction of sp³-hybridized carbons (Fsp3) is 0.316. The minimum Gasteiger partial charge on any atom is -0.497 e. The monoisotopic (exact) mass is 383 g/mol. The lowest BCUT2D eigenvalue weighted by atomic mass is 10.2. The summed E-state index contributed by atoms with van der Waals surface area (Å²) in [6.07, 6.45) is -4.12. The molecule has 146 valence electrons. The number of hydrogen-bond donors (Lipinski definition) is 1. The number of benzene rings is 2. The minimum atomic E-state index is -4.78. The second-order valence-electron chi connectivity index (χ2n) is 5.56. The predicted octanol–water partition coefficient (Wildman–Crippen LogP) is 4.07. The SMILES string of the molecule is COc1ccc(OCCCC(=O)NCc2ccccc2OC(F)(F)F)cc1. The lowest BCUT2D eigenvalue weighted by molar-refractivity contribution is -0.274. The molecule has 0 saturated carbocycles. The molecule has 0 aromatic heterocycles. The fourth-order valence-corrected chi connectivity index (χ4v) is 2.25. The minimum absolute atomic E-state index is 0.0512. The van der Waals surface area contributed by atoms with Crippen LogP contribution in [0.3, 0.4) is 0 Å². The number of halogens is 3. The summed E-state index contributed by atoms with van der Waals surface area (Å²) in [7, 11) is 1.57. The van der Waals surface area contributed by atoms with E-state index in [9.17, 15) is 18.0 Å². The number of carbonyl (C=O) groups excluding carboxylic acids is 1. The standard InChI is InChI=1S/C19H20F3NO4/c1-25-15-8-10-16(11-9-15)26-12-4-7-18(24)23-13-14-5-2-3-6-17(14)27-19(20,21)22/h2-3,5-6,8-11H,4,7,12-13H2,1H3,(H,23,24). The Morgan fingerprint density at radius 3 is 2.37 bits per heavy atom. The zero-order chi connectivity index (χ0) is 19.7. The summed E-state index contributed by atoms with van der Waals surface area (Å²) < 4.78 is 51.6. The first-order chi connectivity index (χ1) is 12.9. The molecule has 1 amide bonds. The van der Waals surface area contributed by atoms with Crippen molar-refractivity contribution in [1.82, 2.24) is 5.32 Å². The molecule has 0 aliphatic heterocycles. The highest BCUT2D eigenvalue weighted by Gasteiger charge is 2.31.